The molecule has 15 heavy (non-hydrogen) atoms. The van der Waals surface area contributed by atoms with Crippen LogP contribution in [0.15, 0.2) is 24.3 Å². The van der Waals surface area contributed by atoms with Crippen molar-refractivity contribution in [2.75, 3.05) is 12.4 Å². The number of para-hydroxylation sites is 1. The molecule has 1 aromatic rings. The first-order valence-corrected chi connectivity index (χ1v) is 6.23. The third kappa shape index (κ3) is 4.80. The molecule has 0 fully saturated rings. The molecule has 84 valence electrons. The van der Waals surface area contributed by atoms with E-state index in [0.29, 0.717) is 0 Å². The summed E-state index contributed by atoms with van der Waals surface area (Å²) in [6.45, 7) is 2.20. The maximum atomic E-state index is 10.4. The van der Waals surface area contributed by atoms with Gasteiger partial charge in [-0.3, -0.25) is 4.55 Å². The number of hydrogen-bond acceptors (Lipinski definition) is 3. The van der Waals surface area contributed by atoms with Gasteiger partial charge in [-0.1, -0.05) is 18.2 Å². The topological polar surface area (TPSA) is 63.6 Å². The molecule has 1 aromatic carbocycles. The summed E-state index contributed by atoms with van der Waals surface area (Å²) in [4.78, 5) is 0. The van der Waals surface area contributed by atoms with Gasteiger partial charge in [-0.15, -0.1) is 0 Å². The first-order valence-electron chi connectivity index (χ1n) is 4.62. The summed E-state index contributed by atoms with van der Waals surface area (Å²) >= 11 is 0. The van der Waals surface area contributed by atoms with E-state index in [1.54, 1.807) is 0 Å². The Bertz CT molecular complexity index is 411. The van der Waals surface area contributed by atoms with Gasteiger partial charge in [0.05, 0.1) is 12.4 Å². The average molecular weight is 230 g/mol. The molecular formula is C10H14O4S. The lowest BCUT2D eigenvalue weighted by molar-refractivity contribution is 0.314. The first kappa shape index (κ1) is 12.0. The van der Waals surface area contributed by atoms with E-state index in [0.717, 1.165) is 11.3 Å². The van der Waals surface area contributed by atoms with Crippen molar-refractivity contribution < 1.29 is 17.7 Å². The van der Waals surface area contributed by atoms with E-state index < -0.39 is 10.1 Å². The Morgan fingerprint density at radius 2 is 2.00 bits per heavy atom. The molecule has 4 nitrogen and oxygen atoms in total. The molecular weight excluding hydrogens is 216 g/mol. The van der Waals surface area contributed by atoms with Crippen molar-refractivity contribution >= 4 is 10.1 Å². The maximum absolute atomic E-state index is 10.4. The Hall–Kier alpha value is -1.07. The van der Waals surface area contributed by atoms with E-state index in [4.69, 9.17) is 9.29 Å². The summed E-state index contributed by atoms with van der Waals surface area (Å²) in [6, 6.07) is 7.49. The number of hydrogen-bond donors (Lipinski definition) is 1. The van der Waals surface area contributed by atoms with Crippen LogP contribution < -0.4 is 4.74 Å². The van der Waals surface area contributed by atoms with E-state index in [1.165, 1.54) is 0 Å². The van der Waals surface area contributed by atoms with Gasteiger partial charge in [-0.2, -0.15) is 8.42 Å². The van der Waals surface area contributed by atoms with Crippen LogP contribution >= 0.6 is 0 Å². The van der Waals surface area contributed by atoms with Crippen LogP contribution in [0.2, 0.25) is 0 Å². The predicted molar refractivity (Wildman–Crippen MR) is 57.7 cm³/mol. The Morgan fingerprint density at radius 1 is 1.33 bits per heavy atom. The van der Waals surface area contributed by atoms with Gasteiger partial charge < -0.3 is 4.74 Å². The number of rotatable bonds is 5. The molecule has 0 aliphatic heterocycles. The highest BCUT2D eigenvalue weighted by Crippen LogP contribution is 2.16. The molecule has 0 heterocycles. The monoisotopic (exact) mass is 230 g/mol. The fraction of sp³-hybridized carbons (Fsp3) is 0.400. The van der Waals surface area contributed by atoms with Crippen LogP contribution in [0.5, 0.6) is 5.75 Å². The highest BCUT2D eigenvalue weighted by Gasteiger charge is 2.04. The summed E-state index contributed by atoms with van der Waals surface area (Å²) in [6.07, 6.45) is 0.285. The second-order valence-electron chi connectivity index (χ2n) is 3.25. The zero-order valence-electron chi connectivity index (χ0n) is 8.51. The Balaban J connectivity index is 2.36. The molecule has 0 radical (unpaired) electrons. The molecule has 0 aromatic heterocycles. The predicted octanol–water partition coefficient (Wildman–Crippen LogP) is 1.65. The van der Waals surface area contributed by atoms with Crippen LogP contribution in [0.4, 0.5) is 0 Å². The van der Waals surface area contributed by atoms with Crippen LogP contribution in [-0.2, 0) is 10.1 Å². The average Bonchev–Trinajstić information content (AvgIpc) is 2.13. The Labute approximate surface area is 89.6 Å². The zero-order valence-corrected chi connectivity index (χ0v) is 9.33. The van der Waals surface area contributed by atoms with E-state index >= 15 is 0 Å². The maximum Gasteiger partial charge on any atom is 0.264 e. The minimum absolute atomic E-state index is 0.265. The molecule has 1 rings (SSSR count). The van der Waals surface area contributed by atoms with E-state index in [1.807, 2.05) is 31.2 Å². The van der Waals surface area contributed by atoms with Gasteiger partial charge in [-0.05, 0) is 25.0 Å². The standard InChI is InChI=1S/C10H14O4S/c1-9-5-2-3-6-10(9)14-7-4-8-15(11,12)13/h2-3,5-6H,4,7-8H2,1H3,(H,11,12,13). The molecule has 0 bridgehead atoms. The van der Waals surface area contributed by atoms with Crippen molar-refractivity contribution in [1.82, 2.24) is 0 Å². The summed E-state index contributed by atoms with van der Waals surface area (Å²) in [5.74, 6) is 0.478. The van der Waals surface area contributed by atoms with Crippen LogP contribution in [0.25, 0.3) is 0 Å². The van der Waals surface area contributed by atoms with Crippen LogP contribution in [-0.4, -0.2) is 25.3 Å². The quantitative estimate of drug-likeness (QED) is 0.617. The highest BCUT2D eigenvalue weighted by molar-refractivity contribution is 7.85. The summed E-state index contributed by atoms with van der Waals surface area (Å²) < 4.78 is 34.7. The molecule has 0 atom stereocenters. The Kier molecular flexibility index (Phi) is 4.11. The minimum Gasteiger partial charge on any atom is -0.493 e. The largest absolute Gasteiger partial charge is 0.493 e. The zero-order chi connectivity index (χ0) is 11.3. The third-order valence-corrected chi connectivity index (χ3v) is 2.70. The van der Waals surface area contributed by atoms with Crippen molar-refractivity contribution in [3.63, 3.8) is 0 Å². The highest BCUT2D eigenvalue weighted by atomic mass is 32.2. The number of benzene rings is 1. The molecule has 0 aliphatic carbocycles. The van der Waals surface area contributed by atoms with Crippen LogP contribution in [0.1, 0.15) is 12.0 Å². The minimum atomic E-state index is -3.87. The fourth-order valence-electron chi connectivity index (χ4n) is 1.14. The van der Waals surface area contributed by atoms with Crippen LogP contribution in [0.3, 0.4) is 0 Å². The second-order valence-corrected chi connectivity index (χ2v) is 4.83. The first-order chi connectivity index (χ1) is 6.99. The Morgan fingerprint density at radius 3 is 2.60 bits per heavy atom. The molecule has 5 heteroatoms. The van der Waals surface area contributed by atoms with Gasteiger partial charge in [0.1, 0.15) is 5.75 Å². The lowest BCUT2D eigenvalue weighted by atomic mass is 10.2. The van der Waals surface area contributed by atoms with Crippen molar-refractivity contribution in [3.05, 3.63) is 29.8 Å². The molecule has 0 aliphatic rings. The van der Waals surface area contributed by atoms with Crippen molar-refractivity contribution in [1.29, 1.82) is 0 Å². The van der Waals surface area contributed by atoms with Gasteiger partial charge in [0.15, 0.2) is 0 Å². The fourth-order valence-corrected chi connectivity index (χ4v) is 1.62. The van der Waals surface area contributed by atoms with Gasteiger partial charge in [0.2, 0.25) is 0 Å². The van der Waals surface area contributed by atoms with E-state index in [-0.39, 0.29) is 18.8 Å². The molecule has 0 unspecified atom stereocenters. The van der Waals surface area contributed by atoms with Gasteiger partial charge in [0, 0.05) is 0 Å². The number of aryl methyl sites for hydroxylation is 1. The van der Waals surface area contributed by atoms with Crippen molar-refractivity contribution in [2.24, 2.45) is 0 Å². The van der Waals surface area contributed by atoms with Crippen LogP contribution in [0, 0.1) is 6.92 Å². The molecule has 0 spiro atoms. The van der Waals surface area contributed by atoms with E-state index in [9.17, 15) is 8.42 Å². The van der Waals surface area contributed by atoms with E-state index in [2.05, 4.69) is 0 Å². The lowest BCUT2D eigenvalue weighted by Gasteiger charge is -2.07. The summed E-state index contributed by atoms with van der Waals surface area (Å²) in [5.41, 5.74) is 1.00. The van der Waals surface area contributed by atoms with Crippen molar-refractivity contribution in [3.8, 4) is 5.75 Å². The van der Waals surface area contributed by atoms with Gasteiger partial charge >= 0.3 is 0 Å². The van der Waals surface area contributed by atoms with Gasteiger partial charge in [0.25, 0.3) is 10.1 Å². The van der Waals surface area contributed by atoms with Gasteiger partial charge in [-0.25, -0.2) is 0 Å². The smallest absolute Gasteiger partial charge is 0.264 e. The SMILES string of the molecule is Cc1ccccc1OCCCS(=O)(=O)O. The second kappa shape index (κ2) is 5.14. The molecule has 0 amide bonds. The molecule has 0 saturated carbocycles. The summed E-state index contributed by atoms with van der Waals surface area (Å²) in [7, 11) is -3.87. The normalized spacial score (nSPS) is 11.3. The number of ether oxygens (including phenoxy) is 1. The molecule has 0 saturated heterocycles. The lowest BCUT2D eigenvalue weighted by Crippen LogP contribution is -2.08. The van der Waals surface area contributed by atoms with Crippen molar-refractivity contribution in [2.45, 2.75) is 13.3 Å². The molecule has 1 N–H and O–H groups in total. The third-order valence-electron chi connectivity index (χ3n) is 1.90. The summed E-state index contributed by atoms with van der Waals surface area (Å²) in [5, 5.41) is 0.